The highest BCUT2D eigenvalue weighted by Gasteiger charge is 2.21. The van der Waals surface area contributed by atoms with E-state index in [2.05, 4.69) is 28.4 Å². The molecule has 1 unspecified atom stereocenters. The molecule has 2 N–H and O–H groups in total. The summed E-state index contributed by atoms with van der Waals surface area (Å²) in [6.07, 6.45) is 2.50. The van der Waals surface area contributed by atoms with E-state index in [9.17, 15) is 14.9 Å². The molecule has 116 valence electrons. The van der Waals surface area contributed by atoms with Crippen molar-refractivity contribution in [3.05, 3.63) is 20.7 Å². The highest BCUT2D eigenvalue weighted by atomic mass is 32.2. The van der Waals surface area contributed by atoms with Crippen LogP contribution in [-0.4, -0.2) is 32.6 Å². The lowest BCUT2D eigenvalue weighted by Crippen LogP contribution is -2.41. The molecule has 0 bridgehead atoms. The number of hydrogen-bond donors (Lipinski definition) is 2. The van der Waals surface area contributed by atoms with Gasteiger partial charge in [-0.05, 0) is 32.7 Å². The Balaban J connectivity index is 2.51. The minimum Gasteiger partial charge on any atom is -0.300 e. The molecular formula is C13H21N5O2S. The number of rotatable bonds is 8. The zero-order chi connectivity index (χ0) is 15.9. The summed E-state index contributed by atoms with van der Waals surface area (Å²) >= 11 is 1.39. The van der Waals surface area contributed by atoms with Crippen molar-refractivity contribution in [3.8, 4) is 6.07 Å². The molecule has 1 aromatic heterocycles. The van der Waals surface area contributed by atoms with Gasteiger partial charge in [-0.1, -0.05) is 18.7 Å². The van der Waals surface area contributed by atoms with Crippen LogP contribution in [0.15, 0.2) is 14.7 Å². The van der Waals surface area contributed by atoms with Gasteiger partial charge in [0.15, 0.2) is 5.16 Å². The summed E-state index contributed by atoms with van der Waals surface area (Å²) in [7, 11) is 1.64. The van der Waals surface area contributed by atoms with Crippen molar-refractivity contribution >= 4 is 11.8 Å². The minimum atomic E-state index is -0.776. The fraction of sp³-hybridized carbons (Fsp3) is 0.692. The molecule has 0 saturated carbocycles. The maximum Gasteiger partial charge on any atom is 0.339 e. The van der Waals surface area contributed by atoms with E-state index >= 15 is 0 Å². The number of aryl methyl sites for hydroxylation is 1. The van der Waals surface area contributed by atoms with Crippen molar-refractivity contribution < 1.29 is 0 Å². The lowest BCUT2D eigenvalue weighted by Gasteiger charge is -2.22. The van der Waals surface area contributed by atoms with Gasteiger partial charge >= 0.3 is 11.1 Å². The SMILES string of the molecule is CCCNC(C)(C#N)CCCSc1nc(=O)c(=O)[nH]n1C. The molecule has 1 aromatic rings. The Hall–Kier alpha value is -1.59. The minimum absolute atomic E-state index is 0.472. The van der Waals surface area contributed by atoms with Crippen molar-refractivity contribution in [1.82, 2.24) is 20.1 Å². The van der Waals surface area contributed by atoms with Gasteiger partial charge in [-0.3, -0.25) is 24.7 Å². The number of nitriles is 1. The van der Waals surface area contributed by atoms with Gasteiger partial charge in [-0.25, -0.2) is 0 Å². The zero-order valence-electron chi connectivity index (χ0n) is 12.6. The normalized spacial score (nSPS) is 13.6. The van der Waals surface area contributed by atoms with Crippen LogP contribution in [0, 0.1) is 11.3 Å². The molecular weight excluding hydrogens is 290 g/mol. The molecule has 0 aromatic carbocycles. The predicted octanol–water partition coefficient (Wildman–Crippen LogP) is 0.623. The number of aromatic nitrogens is 3. The van der Waals surface area contributed by atoms with E-state index < -0.39 is 16.7 Å². The Labute approximate surface area is 127 Å². The molecule has 0 fully saturated rings. The molecule has 1 atom stereocenters. The van der Waals surface area contributed by atoms with Crippen molar-refractivity contribution in [3.63, 3.8) is 0 Å². The van der Waals surface area contributed by atoms with Gasteiger partial charge in [0.1, 0.15) is 5.54 Å². The molecule has 1 heterocycles. The van der Waals surface area contributed by atoms with Crippen molar-refractivity contribution in [2.75, 3.05) is 12.3 Å². The van der Waals surface area contributed by atoms with Crippen molar-refractivity contribution in [2.24, 2.45) is 7.05 Å². The first-order chi connectivity index (χ1) is 9.91. The largest absolute Gasteiger partial charge is 0.339 e. The average molecular weight is 311 g/mol. The first kappa shape index (κ1) is 17.5. The highest BCUT2D eigenvalue weighted by molar-refractivity contribution is 7.99. The molecule has 0 aliphatic carbocycles. The topological polar surface area (TPSA) is 104 Å². The van der Waals surface area contributed by atoms with Crippen molar-refractivity contribution in [2.45, 2.75) is 43.8 Å². The van der Waals surface area contributed by atoms with Crippen LogP contribution >= 0.6 is 11.8 Å². The molecule has 21 heavy (non-hydrogen) atoms. The van der Waals surface area contributed by atoms with Gasteiger partial charge in [-0.2, -0.15) is 10.2 Å². The zero-order valence-corrected chi connectivity index (χ0v) is 13.4. The molecule has 0 aliphatic heterocycles. The molecule has 8 heteroatoms. The van der Waals surface area contributed by atoms with E-state index in [1.807, 2.05) is 6.92 Å². The Morgan fingerprint density at radius 3 is 2.86 bits per heavy atom. The third-order valence-corrected chi connectivity index (χ3v) is 4.13. The van der Waals surface area contributed by atoms with Gasteiger partial charge in [0.2, 0.25) is 0 Å². The Morgan fingerprint density at radius 2 is 2.24 bits per heavy atom. The van der Waals surface area contributed by atoms with Crippen LogP contribution in [0.4, 0.5) is 0 Å². The van der Waals surface area contributed by atoms with E-state index in [4.69, 9.17) is 0 Å². The second-order valence-corrected chi connectivity index (χ2v) is 6.08. The molecule has 0 radical (unpaired) electrons. The molecule has 0 saturated heterocycles. The number of nitrogens with one attached hydrogen (secondary N) is 2. The monoisotopic (exact) mass is 311 g/mol. The predicted molar refractivity (Wildman–Crippen MR) is 82.4 cm³/mol. The first-order valence-electron chi connectivity index (χ1n) is 6.88. The van der Waals surface area contributed by atoms with E-state index in [0.29, 0.717) is 11.6 Å². The van der Waals surface area contributed by atoms with Gasteiger partial charge in [-0.15, -0.1) is 0 Å². The third-order valence-electron chi connectivity index (χ3n) is 3.01. The summed E-state index contributed by atoms with van der Waals surface area (Å²) in [5, 5.41) is 15.3. The summed E-state index contributed by atoms with van der Waals surface area (Å²) in [5.74, 6) is 0.720. The van der Waals surface area contributed by atoms with Crippen LogP contribution in [0.1, 0.15) is 33.1 Å². The number of hydrogen-bond acceptors (Lipinski definition) is 6. The van der Waals surface area contributed by atoms with Gasteiger partial charge < -0.3 is 0 Å². The van der Waals surface area contributed by atoms with Crippen LogP contribution in [0.3, 0.4) is 0 Å². The van der Waals surface area contributed by atoms with Gasteiger partial charge in [0.25, 0.3) is 0 Å². The van der Waals surface area contributed by atoms with Crippen LogP contribution < -0.4 is 16.4 Å². The Morgan fingerprint density at radius 1 is 1.52 bits per heavy atom. The van der Waals surface area contributed by atoms with Crippen LogP contribution in [-0.2, 0) is 7.05 Å². The molecule has 7 nitrogen and oxygen atoms in total. The van der Waals surface area contributed by atoms with Crippen molar-refractivity contribution in [1.29, 1.82) is 5.26 Å². The lowest BCUT2D eigenvalue weighted by molar-refractivity contribution is 0.415. The third kappa shape index (κ3) is 5.36. The summed E-state index contributed by atoms with van der Waals surface area (Å²) < 4.78 is 1.44. The van der Waals surface area contributed by atoms with E-state index in [-0.39, 0.29) is 0 Å². The maximum absolute atomic E-state index is 11.2. The molecule has 0 spiro atoms. The summed E-state index contributed by atoms with van der Waals surface area (Å²) in [5.41, 5.74) is -2.02. The van der Waals surface area contributed by atoms with E-state index in [1.54, 1.807) is 7.05 Å². The standard InChI is InChI=1S/C13H21N5O2S/c1-4-7-15-13(2,9-14)6-5-8-21-12-16-10(19)11(20)17-18(12)3/h15H,4-8H2,1-3H3,(H,17,20). The van der Waals surface area contributed by atoms with Crippen LogP contribution in [0.2, 0.25) is 0 Å². The van der Waals surface area contributed by atoms with Crippen LogP contribution in [0.5, 0.6) is 0 Å². The fourth-order valence-corrected chi connectivity index (χ4v) is 2.62. The summed E-state index contributed by atoms with van der Waals surface area (Å²) in [4.78, 5) is 26.0. The molecule has 1 rings (SSSR count). The number of aromatic amines is 1. The average Bonchev–Trinajstić information content (AvgIpc) is 2.46. The van der Waals surface area contributed by atoms with Crippen LogP contribution in [0.25, 0.3) is 0 Å². The van der Waals surface area contributed by atoms with Gasteiger partial charge in [0, 0.05) is 12.8 Å². The second-order valence-electron chi connectivity index (χ2n) is 5.02. The Kier molecular flexibility index (Phi) is 6.65. The smallest absolute Gasteiger partial charge is 0.300 e. The first-order valence-corrected chi connectivity index (χ1v) is 7.87. The highest BCUT2D eigenvalue weighted by Crippen LogP contribution is 2.18. The number of thioether (sulfide) groups is 1. The summed E-state index contributed by atoms with van der Waals surface area (Å²) in [6.45, 7) is 4.76. The number of nitrogens with zero attached hydrogens (tertiary/aromatic N) is 3. The van der Waals surface area contributed by atoms with E-state index in [1.165, 1.54) is 16.4 Å². The Bertz CT molecular complexity index is 618. The molecule has 0 aliphatic rings. The maximum atomic E-state index is 11.2. The van der Waals surface area contributed by atoms with Gasteiger partial charge in [0.05, 0.1) is 6.07 Å². The summed E-state index contributed by atoms with van der Waals surface area (Å²) in [6, 6.07) is 2.30. The quantitative estimate of drug-likeness (QED) is 0.414. The number of H-pyrrole nitrogens is 1. The van der Waals surface area contributed by atoms with E-state index in [0.717, 1.165) is 25.1 Å². The molecule has 0 amide bonds. The second kappa shape index (κ2) is 8.00. The lowest BCUT2D eigenvalue weighted by atomic mass is 9.98. The fourth-order valence-electron chi connectivity index (χ4n) is 1.76.